The molecule has 0 unspecified atom stereocenters. The van der Waals surface area contributed by atoms with E-state index in [-0.39, 0.29) is 17.4 Å². The van der Waals surface area contributed by atoms with E-state index in [1.807, 2.05) is 24.3 Å². The molecule has 1 N–H and O–H groups in total. The van der Waals surface area contributed by atoms with Gasteiger partial charge in [0.15, 0.2) is 0 Å². The van der Waals surface area contributed by atoms with Crippen molar-refractivity contribution in [2.24, 2.45) is 0 Å². The Bertz CT molecular complexity index is 718. The van der Waals surface area contributed by atoms with Gasteiger partial charge < -0.3 is 14.8 Å². The molecule has 2 rings (SSSR count). The molecule has 0 fully saturated rings. The Balaban J connectivity index is 1.64. The van der Waals surface area contributed by atoms with Crippen LogP contribution in [-0.4, -0.2) is 31.7 Å². The van der Waals surface area contributed by atoms with Crippen LogP contribution in [0.25, 0.3) is 0 Å². The molecule has 1 amide bonds. The zero-order chi connectivity index (χ0) is 19.7. The number of benzene rings is 2. The zero-order valence-corrected chi connectivity index (χ0v) is 15.5. The number of halogens is 3. The summed E-state index contributed by atoms with van der Waals surface area (Å²) in [5.74, 6) is 1.26. The van der Waals surface area contributed by atoms with E-state index in [9.17, 15) is 18.0 Å². The lowest BCUT2D eigenvalue weighted by molar-refractivity contribution is -0.274. The first-order valence-corrected chi connectivity index (χ1v) is 9.33. The van der Waals surface area contributed by atoms with Gasteiger partial charge in [0.1, 0.15) is 11.5 Å². The van der Waals surface area contributed by atoms with Crippen LogP contribution in [0, 0.1) is 0 Å². The van der Waals surface area contributed by atoms with E-state index < -0.39 is 6.36 Å². The summed E-state index contributed by atoms with van der Waals surface area (Å²) in [5, 5.41) is 2.84. The first-order chi connectivity index (χ1) is 12.9. The van der Waals surface area contributed by atoms with Gasteiger partial charge in [0.25, 0.3) is 0 Å². The second-order valence-electron chi connectivity index (χ2n) is 5.63. The molecule has 27 heavy (non-hydrogen) atoms. The summed E-state index contributed by atoms with van der Waals surface area (Å²) in [5.41, 5.74) is 1.92. The number of nitrogens with one attached hydrogen (secondary N) is 1. The molecule has 0 spiro atoms. The minimum absolute atomic E-state index is 0.0782. The molecule has 0 aromatic heterocycles. The molecule has 0 heterocycles. The van der Waals surface area contributed by atoms with Gasteiger partial charge in [-0.1, -0.05) is 24.3 Å². The lowest BCUT2D eigenvalue weighted by Gasteiger charge is -2.09. The van der Waals surface area contributed by atoms with Crippen LogP contribution in [0.1, 0.15) is 11.1 Å². The van der Waals surface area contributed by atoms with Crippen molar-refractivity contribution in [1.29, 1.82) is 0 Å². The number of alkyl halides is 3. The number of ether oxygens (including phenoxy) is 2. The second-order valence-corrected chi connectivity index (χ2v) is 6.62. The van der Waals surface area contributed by atoms with Gasteiger partial charge in [-0.25, -0.2) is 0 Å². The Morgan fingerprint density at radius 2 is 1.59 bits per heavy atom. The first kappa shape index (κ1) is 21.0. The average molecular weight is 399 g/mol. The van der Waals surface area contributed by atoms with Gasteiger partial charge in [0.05, 0.1) is 12.9 Å². The molecule has 0 aliphatic rings. The lowest BCUT2D eigenvalue weighted by atomic mass is 10.1. The largest absolute Gasteiger partial charge is 0.573 e. The summed E-state index contributed by atoms with van der Waals surface area (Å²) >= 11 is 1.39. The summed E-state index contributed by atoms with van der Waals surface area (Å²) < 4.78 is 45.2. The SMILES string of the molecule is COc1ccc(CCNC(=O)CSCc2ccc(OC(F)(F)F)cc2)cc1. The highest BCUT2D eigenvalue weighted by Crippen LogP contribution is 2.23. The minimum atomic E-state index is -4.69. The van der Waals surface area contributed by atoms with E-state index in [2.05, 4.69) is 10.1 Å². The normalized spacial score (nSPS) is 11.1. The number of rotatable bonds is 9. The van der Waals surface area contributed by atoms with Crippen LogP contribution < -0.4 is 14.8 Å². The average Bonchev–Trinajstić information content (AvgIpc) is 2.62. The van der Waals surface area contributed by atoms with Crippen molar-refractivity contribution < 1.29 is 27.4 Å². The molecular weight excluding hydrogens is 379 g/mol. The summed E-state index contributed by atoms with van der Waals surface area (Å²) in [7, 11) is 1.61. The molecule has 146 valence electrons. The van der Waals surface area contributed by atoms with Crippen LogP contribution in [0.2, 0.25) is 0 Å². The zero-order valence-electron chi connectivity index (χ0n) is 14.7. The highest BCUT2D eigenvalue weighted by Gasteiger charge is 2.30. The number of methoxy groups -OCH3 is 1. The number of carbonyl (C=O) groups excluding carboxylic acids is 1. The molecular formula is C19H20F3NO3S. The predicted molar refractivity (Wildman–Crippen MR) is 99.0 cm³/mol. The van der Waals surface area contributed by atoms with Crippen molar-refractivity contribution in [3.8, 4) is 11.5 Å². The fourth-order valence-electron chi connectivity index (χ4n) is 2.24. The fraction of sp³-hybridized carbons (Fsp3) is 0.316. The Morgan fingerprint density at radius 1 is 1.00 bits per heavy atom. The monoisotopic (exact) mass is 399 g/mol. The van der Waals surface area contributed by atoms with Crippen LogP contribution in [0.3, 0.4) is 0 Å². The van der Waals surface area contributed by atoms with E-state index in [0.29, 0.717) is 12.3 Å². The van der Waals surface area contributed by atoms with E-state index in [1.165, 1.54) is 23.9 Å². The van der Waals surface area contributed by atoms with E-state index in [1.54, 1.807) is 19.2 Å². The third-order valence-corrected chi connectivity index (χ3v) is 4.56. The predicted octanol–water partition coefficient (Wildman–Crippen LogP) is 4.19. The smallest absolute Gasteiger partial charge is 0.497 e. The van der Waals surface area contributed by atoms with Gasteiger partial charge in [-0.05, 0) is 41.8 Å². The molecule has 0 saturated heterocycles. The van der Waals surface area contributed by atoms with Crippen molar-refractivity contribution in [3.63, 3.8) is 0 Å². The second kappa shape index (κ2) is 10.1. The standard InChI is InChI=1S/C19H20F3NO3S/c1-25-16-6-2-14(3-7-16)10-11-23-18(24)13-27-12-15-4-8-17(9-5-15)26-19(20,21)22/h2-9H,10-13H2,1H3,(H,23,24). The van der Waals surface area contributed by atoms with Crippen molar-refractivity contribution in [2.45, 2.75) is 18.5 Å². The van der Waals surface area contributed by atoms with Crippen molar-refractivity contribution >= 4 is 17.7 Å². The maximum Gasteiger partial charge on any atom is 0.573 e. The van der Waals surface area contributed by atoms with Crippen molar-refractivity contribution in [2.75, 3.05) is 19.4 Å². The number of hydrogen-bond donors (Lipinski definition) is 1. The van der Waals surface area contributed by atoms with Gasteiger partial charge in [0, 0.05) is 12.3 Å². The Morgan fingerprint density at radius 3 is 2.19 bits per heavy atom. The first-order valence-electron chi connectivity index (χ1n) is 8.18. The van der Waals surface area contributed by atoms with Crippen LogP contribution in [0.15, 0.2) is 48.5 Å². The summed E-state index contributed by atoms with van der Waals surface area (Å²) in [6.07, 6.45) is -3.97. The van der Waals surface area contributed by atoms with E-state index in [0.717, 1.165) is 23.3 Å². The molecule has 0 aliphatic carbocycles. The summed E-state index contributed by atoms with van der Waals surface area (Å²) in [6, 6.07) is 13.3. The van der Waals surface area contributed by atoms with E-state index in [4.69, 9.17) is 4.74 Å². The maximum absolute atomic E-state index is 12.1. The number of carbonyl (C=O) groups is 1. The molecule has 0 saturated carbocycles. The number of amides is 1. The minimum Gasteiger partial charge on any atom is -0.497 e. The molecule has 0 aliphatic heterocycles. The van der Waals surface area contributed by atoms with Gasteiger partial charge in [-0.15, -0.1) is 24.9 Å². The molecule has 2 aromatic rings. The Labute approximate surface area is 160 Å². The third-order valence-electron chi connectivity index (χ3n) is 3.55. The lowest BCUT2D eigenvalue weighted by Crippen LogP contribution is -2.27. The van der Waals surface area contributed by atoms with Crippen LogP contribution in [-0.2, 0) is 17.0 Å². The molecule has 4 nitrogen and oxygen atoms in total. The topological polar surface area (TPSA) is 47.6 Å². The molecule has 2 aromatic carbocycles. The van der Waals surface area contributed by atoms with Crippen LogP contribution in [0.5, 0.6) is 11.5 Å². The summed E-state index contributed by atoms with van der Waals surface area (Å²) in [6.45, 7) is 0.537. The van der Waals surface area contributed by atoms with Gasteiger partial charge in [0.2, 0.25) is 5.91 Å². The third kappa shape index (κ3) is 8.25. The van der Waals surface area contributed by atoms with E-state index >= 15 is 0 Å². The van der Waals surface area contributed by atoms with Crippen LogP contribution >= 0.6 is 11.8 Å². The van der Waals surface area contributed by atoms with Gasteiger partial charge in [-0.2, -0.15) is 0 Å². The fourth-order valence-corrected chi connectivity index (χ4v) is 3.06. The molecule has 0 atom stereocenters. The van der Waals surface area contributed by atoms with Gasteiger partial charge in [-0.3, -0.25) is 4.79 Å². The Hall–Kier alpha value is -2.35. The van der Waals surface area contributed by atoms with Crippen molar-refractivity contribution in [1.82, 2.24) is 5.32 Å². The highest BCUT2D eigenvalue weighted by atomic mass is 32.2. The molecule has 0 radical (unpaired) electrons. The number of thioether (sulfide) groups is 1. The van der Waals surface area contributed by atoms with Crippen LogP contribution in [0.4, 0.5) is 13.2 Å². The molecule has 0 bridgehead atoms. The quantitative estimate of drug-likeness (QED) is 0.687. The number of hydrogen-bond acceptors (Lipinski definition) is 4. The highest BCUT2D eigenvalue weighted by molar-refractivity contribution is 7.99. The Kier molecular flexibility index (Phi) is 7.84. The maximum atomic E-state index is 12.1. The molecule has 8 heteroatoms. The van der Waals surface area contributed by atoms with Gasteiger partial charge >= 0.3 is 6.36 Å². The summed E-state index contributed by atoms with van der Waals surface area (Å²) in [4.78, 5) is 11.8. The van der Waals surface area contributed by atoms with Crippen molar-refractivity contribution in [3.05, 3.63) is 59.7 Å².